The molecule has 3 rings (SSSR count). The Hall–Kier alpha value is -2.34. The molecule has 0 radical (unpaired) electrons. The van der Waals surface area contributed by atoms with E-state index in [0.717, 1.165) is 44.4 Å². The van der Waals surface area contributed by atoms with Gasteiger partial charge < -0.3 is 19.9 Å². The molecule has 0 amide bonds. The maximum Gasteiger partial charge on any atom is 0.191 e. The highest BCUT2D eigenvalue weighted by Gasteiger charge is 2.36. The molecule has 0 saturated heterocycles. The molecule has 0 unspecified atom stereocenters. The van der Waals surface area contributed by atoms with Gasteiger partial charge in [0.2, 0.25) is 0 Å². The highest BCUT2D eigenvalue weighted by atomic mass is 16.5. The van der Waals surface area contributed by atoms with E-state index in [-0.39, 0.29) is 0 Å². The third kappa shape index (κ3) is 5.58. The van der Waals surface area contributed by atoms with Crippen molar-refractivity contribution < 1.29 is 4.74 Å². The van der Waals surface area contributed by atoms with Gasteiger partial charge in [0.25, 0.3) is 0 Å². The highest BCUT2D eigenvalue weighted by Crippen LogP contribution is 2.43. The van der Waals surface area contributed by atoms with Crippen molar-refractivity contribution >= 4 is 5.96 Å². The van der Waals surface area contributed by atoms with Crippen LogP contribution in [-0.4, -0.2) is 42.3 Å². The Morgan fingerprint density at radius 3 is 2.75 bits per heavy atom. The summed E-state index contributed by atoms with van der Waals surface area (Å²) in [4.78, 5) is 9.28. The van der Waals surface area contributed by atoms with Gasteiger partial charge in [-0.1, -0.05) is 36.8 Å². The molecule has 0 aliphatic heterocycles. The SMILES string of the molecule is CCNC(=NCc1nccn1Cc1ccccc1)NCC1(CCOC)CCC1. The first kappa shape index (κ1) is 20.4. The minimum atomic E-state index is 0.359. The van der Waals surface area contributed by atoms with Crippen LogP contribution in [0.3, 0.4) is 0 Å². The molecule has 152 valence electrons. The molecule has 6 nitrogen and oxygen atoms in total. The number of nitrogens with zero attached hydrogens (tertiary/aromatic N) is 3. The summed E-state index contributed by atoms with van der Waals surface area (Å²) in [5.41, 5.74) is 1.62. The molecule has 1 aliphatic rings. The molecule has 0 atom stereocenters. The lowest BCUT2D eigenvalue weighted by atomic mass is 9.67. The van der Waals surface area contributed by atoms with Crippen LogP contribution in [0.25, 0.3) is 0 Å². The summed E-state index contributed by atoms with van der Waals surface area (Å²) in [6.45, 7) is 6.08. The molecule has 1 fully saturated rings. The van der Waals surface area contributed by atoms with Crippen LogP contribution in [-0.2, 0) is 17.8 Å². The lowest BCUT2D eigenvalue weighted by Gasteiger charge is -2.42. The van der Waals surface area contributed by atoms with Crippen LogP contribution >= 0.6 is 0 Å². The van der Waals surface area contributed by atoms with E-state index >= 15 is 0 Å². The fraction of sp³-hybridized carbons (Fsp3) is 0.545. The quantitative estimate of drug-likeness (QED) is 0.489. The molecule has 2 N–H and O–H groups in total. The molecule has 28 heavy (non-hydrogen) atoms. The maximum atomic E-state index is 5.30. The zero-order valence-corrected chi connectivity index (χ0v) is 17.2. The van der Waals surface area contributed by atoms with Crippen LogP contribution in [0.5, 0.6) is 0 Å². The molecule has 1 aromatic carbocycles. The second-order valence-electron chi connectivity index (χ2n) is 7.60. The molecule has 1 aliphatic carbocycles. The minimum Gasteiger partial charge on any atom is -0.385 e. The van der Waals surface area contributed by atoms with Crippen LogP contribution in [0.15, 0.2) is 47.7 Å². The van der Waals surface area contributed by atoms with E-state index in [9.17, 15) is 0 Å². The van der Waals surface area contributed by atoms with Gasteiger partial charge in [0.15, 0.2) is 5.96 Å². The van der Waals surface area contributed by atoms with Crippen molar-refractivity contribution in [2.45, 2.75) is 45.7 Å². The van der Waals surface area contributed by atoms with Crippen LogP contribution in [0, 0.1) is 5.41 Å². The topological polar surface area (TPSA) is 63.5 Å². The Morgan fingerprint density at radius 1 is 1.25 bits per heavy atom. The number of aromatic nitrogens is 2. The van der Waals surface area contributed by atoms with Crippen molar-refractivity contribution in [2.75, 3.05) is 26.8 Å². The van der Waals surface area contributed by atoms with E-state index in [0.29, 0.717) is 12.0 Å². The van der Waals surface area contributed by atoms with E-state index < -0.39 is 0 Å². The molecule has 6 heteroatoms. The number of benzene rings is 1. The van der Waals surface area contributed by atoms with Gasteiger partial charge in [-0.05, 0) is 37.2 Å². The van der Waals surface area contributed by atoms with Gasteiger partial charge in [-0.25, -0.2) is 9.98 Å². The predicted octanol–water partition coefficient (Wildman–Crippen LogP) is 3.19. The van der Waals surface area contributed by atoms with Gasteiger partial charge in [0.1, 0.15) is 12.4 Å². The van der Waals surface area contributed by atoms with Crippen LogP contribution in [0.2, 0.25) is 0 Å². The number of rotatable bonds is 10. The summed E-state index contributed by atoms with van der Waals surface area (Å²) in [5.74, 6) is 1.83. The van der Waals surface area contributed by atoms with E-state index in [1.165, 1.54) is 24.8 Å². The number of ether oxygens (including phenoxy) is 1. The monoisotopic (exact) mass is 383 g/mol. The Labute approximate surface area is 168 Å². The molecule has 1 aromatic heterocycles. The van der Waals surface area contributed by atoms with Crippen molar-refractivity contribution in [1.29, 1.82) is 0 Å². The summed E-state index contributed by atoms with van der Waals surface area (Å²) in [6.07, 6.45) is 8.83. The zero-order valence-electron chi connectivity index (χ0n) is 17.2. The standard InChI is InChI=1S/C22H33N5O/c1-3-23-21(26-18-22(10-7-11-22)12-15-28-2)25-16-20-24-13-14-27(20)17-19-8-5-4-6-9-19/h4-6,8-9,13-14H,3,7,10-12,15-18H2,1-2H3,(H2,23,25,26). The smallest absolute Gasteiger partial charge is 0.191 e. The van der Waals surface area contributed by atoms with Crippen molar-refractivity contribution in [3.05, 3.63) is 54.1 Å². The summed E-state index contributed by atoms with van der Waals surface area (Å²) >= 11 is 0. The number of hydrogen-bond donors (Lipinski definition) is 2. The maximum absolute atomic E-state index is 5.30. The summed E-state index contributed by atoms with van der Waals surface area (Å²) in [7, 11) is 1.78. The van der Waals surface area contributed by atoms with Crippen LogP contribution < -0.4 is 10.6 Å². The molecule has 0 bridgehead atoms. The fourth-order valence-corrected chi connectivity index (χ4v) is 3.69. The molecular formula is C22H33N5O. The highest BCUT2D eigenvalue weighted by molar-refractivity contribution is 5.79. The fourth-order valence-electron chi connectivity index (χ4n) is 3.69. The minimum absolute atomic E-state index is 0.359. The van der Waals surface area contributed by atoms with Gasteiger partial charge in [-0.2, -0.15) is 0 Å². The van der Waals surface area contributed by atoms with E-state index in [1.54, 1.807) is 7.11 Å². The van der Waals surface area contributed by atoms with Gasteiger partial charge >= 0.3 is 0 Å². The largest absolute Gasteiger partial charge is 0.385 e. The third-order valence-corrected chi connectivity index (χ3v) is 5.60. The number of methoxy groups -OCH3 is 1. The molecule has 0 spiro atoms. The molecule has 1 saturated carbocycles. The van der Waals surface area contributed by atoms with Crippen molar-refractivity contribution in [1.82, 2.24) is 20.2 Å². The first-order chi connectivity index (χ1) is 13.7. The average molecular weight is 384 g/mol. The lowest BCUT2D eigenvalue weighted by Crippen LogP contribution is -2.47. The summed E-state index contributed by atoms with van der Waals surface area (Å²) in [6, 6.07) is 10.4. The number of nitrogens with one attached hydrogen (secondary N) is 2. The van der Waals surface area contributed by atoms with E-state index in [1.807, 2.05) is 18.5 Å². The van der Waals surface area contributed by atoms with Gasteiger partial charge in [0.05, 0.1) is 0 Å². The third-order valence-electron chi connectivity index (χ3n) is 5.60. The van der Waals surface area contributed by atoms with Crippen molar-refractivity contribution in [3.63, 3.8) is 0 Å². The molecule has 2 aromatic rings. The van der Waals surface area contributed by atoms with Crippen molar-refractivity contribution in [3.8, 4) is 0 Å². The number of aliphatic imine (C=N–C) groups is 1. The second-order valence-corrected chi connectivity index (χ2v) is 7.60. The van der Waals surface area contributed by atoms with E-state index in [4.69, 9.17) is 9.73 Å². The van der Waals surface area contributed by atoms with Gasteiger partial charge in [0, 0.05) is 45.7 Å². The van der Waals surface area contributed by atoms with Gasteiger partial charge in [-0.15, -0.1) is 0 Å². The molecule has 1 heterocycles. The number of guanidine groups is 1. The van der Waals surface area contributed by atoms with E-state index in [2.05, 4.69) is 51.4 Å². The first-order valence-corrected chi connectivity index (χ1v) is 10.3. The van der Waals surface area contributed by atoms with Gasteiger partial charge in [-0.3, -0.25) is 0 Å². The normalized spacial score (nSPS) is 15.9. The Morgan fingerprint density at radius 2 is 2.07 bits per heavy atom. The van der Waals surface area contributed by atoms with Crippen molar-refractivity contribution in [2.24, 2.45) is 10.4 Å². The Bertz CT molecular complexity index is 736. The average Bonchev–Trinajstić information content (AvgIpc) is 3.12. The Balaban J connectivity index is 1.59. The first-order valence-electron chi connectivity index (χ1n) is 10.3. The number of imidazole rings is 1. The number of hydrogen-bond acceptors (Lipinski definition) is 3. The molecular weight excluding hydrogens is 350 g/mol. The zero-order chi connectivity index (χ0) is 19.7. The lowest BCUT2D eigenvalue weighted by molar-refractivity contribution is 0.0732. The summed E-state index contributed by atoms with van der Waals surface area (Å²) in [5, 5.41) is 6.91. The van der Waals surface area contributed by atoms with Crippen LogP contribution in [0.1, 0.15) is 44.0 Å². The van der Waals surface area contributed by atoms with Crippen LogP contribution in [0.4, 0.5) is 0 Å². The second kappa shape index (κ2) is 10.3. The summed E-state index contributed by atoms with van der Waals surface area (Å²) < 4.78 is 7.46. The predicted molar refractivity (Wildman–Crippen MR) is 113 cm³/mol. The Kier molecular flexibility index (Phi) is 7.48.